The van der Waals surface area contributed by atoms with E-state index in [4.69, 9.17) is 0 Å². The summed E-state index contributed by atoms with van der Waals surface area (Å²) in [6, 6.07) is 3.46. The topological polar surface area (TPSA) is 41.0 Å². The van der Waals surface area contributed by atoms with Crippen molar-refractivity contribution in [3.8, 4) is 0 Å². The van der Waals surface area contributed by atoms with Crippen LogP contribution in [0.4, 0.5) is 5.82 Å². The lowest BCUT2D eigenvalue weighted by Crippen LogP contribution is -2.41. The molecule has 1 fully saturated rings. The number of hydrogen-bond donors (Lipinski definition) is 1. The average molecular weight is 276 g/mol. The second-order valence-corrected chi connectivity index (χ2v) is 6.13. The van der Waals surface area contributed by atoms with Crippen LogP contribution in [0.25, 0.3) is 0 Å². The predicted molar refractivity (Wildman–Crippen MR) is 84.2 cm³/mol. The molecule has 2 rings (SSSR count). The van der Waals surface area contributed by atoms with Crippen LogP contribution >= 0.6 is 0 Å². The number of rotatable bonds is 5. The van der Waals surface area contributed by atoms with Gasteiger partial charge in [-0.15, -0.1) is 0 Å². The van der Waals surface area contributed by atoms with Gasteiger partial charge in [-0.25, -0.2) is 9.97 Å². The fraction of sp³-hybridized carbons (Fsp3) is 0.750. The molecular weight excluding hydrogens is 248 g/mol. The lowest BCUT2D eigenvalue weighted by atomic mass is 9.90. The highest BCUT2D eigenvalue weighted by molar-refractivity contribution is 5.39. The monoisotopic (exact) mass is 276 g/mol. The van der Waals surface area contributed by atoms with Gasteiger partial charge >= 0.3 is 0 Å². The van der Waals surface area contributed by atoms with Gasteiger partial charge in [0.05, 0.1) is 0 Å². The molecule has 1 saturated carbocycles. The number of anilines is 1. The third-order valence-electron chi connectivity index (χ3n) is 4.36. The third kappa shape index (κ3) is 3.69. The predicted octanol–water partition coefficient (Wildman–Crippen LogP) is 2.96. The molecule has 1 aliphatic rings. The van der Waals surface area contributed by atoms with Crippen molar-refractivity contribution >= 4 is 5.82 Å². The molecule has 0 radical (unpaired) electrons. The van der Waals surface area contributed by atoms with Crippen molar-refractivity contribution < 1.29 is 0 Å². The maximum absolute atomic E-state index is 4.45. The minimum atomic E-state index is 0.453. The minimum absolute atomic E-state index is 0.453. The van der Waals surface area contributed by atoms with Gasteiger partial charge < -0.3 is 10.2 Å². The highest BCUT2D eigenvalue weighted by atomic mass is 15.2. The first-order chi connectivity index (χ1) is 9.61. The summed E-state index contributed by atoms with van der Waals surface area (Å²) in [5, 5.41) is 3.56. The summed E-state index contributed by atoms with van der Waals surface area (Å²) in [5.74, 6) is 1.52. The second kappa shape index (κ2) is 7.02. The minimum Gasteiger partial charge on any atom is -0.357 e. The molecule has 0 bridgehead atoms. The zero-order valence-electron chi connectivity index (χ0n) is 13.3. The Bertz CT molecular complexity index is 411. The summed E-state index contributed by atoms with van der Waals surface area (Å²) in [7, 11) is 2.17. The number of nitrogens with one attached hydrogen (secondary N) is 1. The highest BCUT2D eigenvalue weighted by Gasteiger charge is 2.24. The number of aromatic nitrogens is 2. The standard InChI is InChI=1S/C16H28N4/c1-5-17-13-6-8-14(9-7-13)20(4)16-10-15(12(2)3)18-11-19-16/h10-14,17H,5-9H2,1-4H3. The smallest absolute Gasteiger partial charge is 0.132 e. The van der Waals surface area contributed by atoms with Crippen molar-refractivity contribution in [2.75, 3.05) is 18.5 Å². The maximum Gasteiger partial charge on any atom is 0.132 e. The Labute approximate surface area is 123 Å². The molecule has 0 spiro atoms. The molecule has 4 nitrogen and oxygen atoms in total. The van der Waals surface area contributed by atoms with E-state index in [9.17, 15) is 0 Å². The van der Waals surface area contributed by atoms with Gasteiger partial charge in [-0.3, -0.25) is 0 Å². The van der Waals surface area contributed by atoms with Gasteiger partial charge in [0, 0.05) is 30.9 Å². The van der Waals surface area contributed by atoms with Gasteiger partial charge in [0.2, 0.25) is 0 Å². The molecule has 0 aliphatic heterocycles. The van der Waals surface area contributed by atoms with Crippen LogP contribution < -0.4 is 10.2 Å². The largest absolute Gasteiger partial charge is 0.357 e. The van der Waals surface area contributed by atoms with Gasteiger partial charge in [0.25, 0.3) is 0 Å². The molecule has 1 N–H and O–H groups in total. The molecule has 112 valence electrons. The Balaban J connectivity index is 1.98. The average Bonchev–Trinajstić information content (AvgIpc) is 2.48. The van der Waals surface area contributed by atoms with Crippen LogP contribution in [0.2, 0.25) is 0 Å². The first-order valence-electron chi connectivity index (χ1n) is 7.90. The van der Waals surface area contributed by atoms with Crippen molar-refractivity contribution in [2.45, 2.75) is 64.5 Å². The second-order valence-electron chi connectivity index (χ2n) is 6.13. The van der Waals surface area contributed by atoms with Crippen molar-refractivity contribution in [3.05, 3.63) is 18.1 Å². The molecular formula is C16H28N4. The van der Waals surface area contributed by atoms with Crippen LogP contribution in [-0.4, -0.2) is 35.6 Å². The Morgan fingerprint density at radius 3 is 2.55 bits per heavy atom. The Hall–Kier alpha value is -1.16. The van der Waals surface area contributed by atoms with Gasteiger partial charge in [-0.1, -0.05) is 20.8 Å². The summed E-state index contributed by atoms with van der Waals surface area (Å²) in [5.41, 5.74) is 1.13. The zero-order valence-corrected chi connectivity index (χ0v) is 13.3. The van der Waals surface area contributed by atoms with E-state index in [0.717, 1.165) is 18.1 Å². The van der Waals surface area contributed by atoms with Gasteiger partial charge in [0.15, 0.2) is 0 Å². The van der Waals surface area contributed by atoms with Crippen LogP contribution in [0.15, 0.2) is 12.4 Å². The molecule has 1 aromatic heterocycles. The Morgan fingerprint density at radius 2 is 1.95 bits per heavy atom. The summed E-state index contributed by atoms with van der Waals surface area (Å²) >= 11 is 0. The van der Waals surface area contributed by atoms with E-state index < -0.39 is 0 Å². The van der Waals surface area contributed by atoms with E-state index in [-0.39, 0.29) is 0 Å². The molecule has 1 heterocycles. The lowest BCUT2D eigenvalue weighted by Gasteiger charge is -2.35. The molecule has 0 amide bonds. The van der Waals surface area contributed by atoms with Gasteiger partial charge in [-0.05, 0) is 38.1 Å². The normalized spacial score (nSPS) is 23.1. The molecule has 1 aromatic rings. The maximum atomic E-state index is 4.45. The molecule has 20 heavy (non-hydrogen) atoms. The third-order valence-corrected chi connectivity index (χ3v) is 4.36. The number of nitrogens with zero attached hydrogens (tertiary/aromatic N) is 3. The molecule has 4 heteroatoms. The van der Waals surface area contributed by atoms with E-state index in [0.29, 0.717) is 18.0 Å². The highest BCUT2D eigenvalue weighted by Crippen LogP contribution is 2.26. The molecule has 0 saturated heterocycles. The lowest BCUT2D eigenvalue weighted by molar-refractivity contribution is 0.340. The molecule has 0 aromatic carbocycles. The van der Waals surface area contributed by atoms with Crippen LogP contribution in [0.5, 0.6) is 0 Å². The fourth-order valence-corrected chi connectivity index (χ4v) is 3.01. The first kappa shape index (κ1) is 15.2. The van der Waals surface area contributed by atoms with Crippen LogP contribution in [0.3, 0.4) is 0 Å². The van der Waals surface area contributed by atoms with Crippen molar-refractivity contribution in [1.29, 1.82) is 0 Å². The van der Waals surface area contributed by atoms with Crippen LogP contribution in [0, 0.1) is 0 Å². The van der Waals surface area contributed by atoms with Crippen LogP contribution in [-0.2, 0) is 0 Å². The van der Waals surface area contributed by atoms with Crippen molar-refractivity contribution in [2.24, 2.45) is 0 Å². The summed E-state index contributed by atoms with van der Waals surface area (Å²) in [4.78, 5) is 11.1. The summed E-state index contributed by atoms with van der Waals surface area (Å²) < 4.78 is 0. The van der Waals surface area contributed by atoms with Gasteiger partial charge in [-0.2, -0.15) is 0 Å². The van der Waals surface area contributed by atoms with Gasteiger partial charge in [0.1, 0.15) is 12.1 Å². The molecule has 0 atom stereocenters. The van der Waals surface area contributed by atoms with Crippen LogP contribution in [0.1, 0.15) is 58.1 Å². The SMILES string of the molecule is CCNC1CCC(N(C)c2cc(C(C)C)ncn2)CC1. The van der Waals surface area contributed by atoms with E-state index in [2.05, 4.69) is 54.1 Å². The number of hydrogen-bond acceptors (Lipinski definition) is 4. The fourth-order valence-electron chi connectivity index (χ4n) is 3.01. The van der Waals surface area contributed by atoms with E-state index in [1.165, 1.54) is 25.7 Å². The van der Waals surface area contributed by atoms with Crippen molar-refractivity contribution in [3.63, 3.8) is 0 Å². The van der Waals surface area contributed by atoms with E-state index in [1.54, 1.807) is 6.33 Å². The van der Waals surface area contributed by atoms with E-state index in [1.807, 2.05) is 0 Å². The summed E-state index contributed by atoms with van der Waals surface area (Å²) in [6.45, 7) is 7.61. The summed E-state index contributed by atoms with van der Waals surface area (Å²) in [6.07, 6.45) is 6.73. The first-order valence-corrected chi connectivity index (χ1v) is 7.90. The Kier molecular flexibility index (Phi) is 5.35. The molecule has 0 unspecified atom stereocenters. The van der Waals surface area contributed by atoms with E-state index >= 15 is 0 Å². The quantitative estimate of drug-likeness (QED) is 0.897. The van der Waals surface area contributed by atoms with Crippen molar-refractivity contribution in [1.82, 2.24) is 15.3 Å². The Morgan fingerprint density at radius 1 is 1.25 bits per heavy atom. The molecule has 1 aliphatic carbocycles. The zero-order chi connectivity index (χ0) is 14.5.